The number of hydrazone groups is 1. The number of carbonyl (C=O) groups excluding carboxylic acids is 2. The molecule has 8 nitrogen and oxygen atoms in total. The first-order valence-corrected chi connectivity index (χ1v) is 12.8. The molecule has 190 valence electrons. The molecule has 2 aromatic carbocycles. The van der Waals surface area contributed by atoms with Crippen molar-refractivity contribution in [3.05, 3.63) is 53.1 Å². The van der Waals surface area contributed by atoms with Crippen LogP contribution in [-0.4, -0.2) is 59.8 Å². The van der Waals surface area contributed by atoms with Crippen molar-refractivity contribution in [3.63, 3.8) is 0 Å². The molecule has 9 heteroatoms. The molecule has 0 unspecified atom stereocenters. The van der Waals surface area contributed by atoms with E-state index in [2.05, 4.69) is 22.1 Å². The number of rotatable bonds is 5. The highest BCUT2D eigenvalue weighted by Crippen LogP contribution is 2.38. The zero-order valence-corrected chi connectivity index (χ0v) is 22.4. The van der Waals surface area contributed by atoms with E-state index in [-0.39, 0.29) is 5.24 Å². The van der Waals surface area contributed by atoms with Crippen LogP contribution in [0, 0.1) is 0 Å². The fraction of sp³-hybridized carbons (Fsp3) is 0.407. The topological polar surface area (TPSA) is 83.8 Å². The number of nitrogens with zero attached hydrogens (tertiary/aromatic N) is 4. The Bertz CT molecular complexity index is 1250. The monoisotopic (exact) mass is 508 g/mol. The molecule has 2 heterocycles. The molecular formula is C27H32N4O4S. The van der Waals surface area contributed by atoms with E-state index >= 15 is 0 Å². The Hall–Kier alpha value is -3.33. The van der Waals surface area contributed by atoms with Crippen LogP contribution in [-0.2, 0) is 11.2 Å². The van der Waals surface area contributed by atoms with Gasteiger partial charge in [0, 0.05) is 31.8 Å². The summed E-state index contributed by atoms with van der Waals surface area (Å²) in [5.41, 5.74) is 4.77. The van der Waals surface area contributed by atoms with Crippen LogP contribution in [0.1, 0.15) is 50.8 Å². The molecule has 0 aromatic heterocycles. The number of anilines is 1. The van der Waals surface area contributed by atoms with Crippen molar-refractivity contribution in [2.45, 2.75) is 45.3 Å². The van der Waals surface area contributed by atoms with Gasteiger partial charge in [-0.2, -0.15) is 10.1 Å². The van der Waals surface area contributed by atoms with E-state index in [0.717, 1.165) is 64.6 Å². The van der Waals surface area contributed by atoms with Crippen LogP contribution in [0.25, 0.3) is 0 Å². The van der Waals surface area contributed by atoms with Gasteiger partial charge in [0.2, 0.25) is 5.91 Å². The summed E-state index contributed by atoms with van der Waals surface area (Å²) in [7, 11) is 3.29. The predicted molar refractivity (Wildman–Crippen MR) is 145 cm³/mol. The molecule has 0 aliphatic carbocycles. The number of methoxy groups -OCH3 is 2. The van der Waals surface area contributed by atoms with Gasteiger partial charge in [-0.05, 0) is 80.8 Å². The largest absolute Gasteiger partial charge is 0.497 e. The smallest absolute Gasteiger partial charge is 0.309 e. The summed E-state index contributed by atoms with van der Waals surface area (Å²) in [6.45, 7) is 8.75. The van der Waals surface area contributed by atoms with Crippen LogP contribution < -0.4 is 14.4 Å². The molecule has 0 saturated carbocycles. The van der Waals surface area contributed by atoms with Crippen LogP contribution in [0.2, 0.25) is 0 Å². The van der Waals surface area contributed by atoms with Crippen LogP contribution in [0.4, 0.5) is 10.5 Å². The maximum Gasteiger partial charge on any atom is 0.309 e. The number of benzene rings is 2. The lowest BCUT2D eigenvalue weighted by Gasteiger charge is -2.35. The third-order valence-electron chi connectivity index (χ3n) is 6.27. The van der Waals surface area contributed by atoms with Gasteiger partial charge in [-0.3, -0.25) is 14.6 Å². The van der Waals surface area contributed by atoms with Crippen molar-refractivity contribution in [3.8, 4) is 11.5 Å². The van der Waals surface area contributed by atoms with E-state index in [1.807, 2.05) is 45.0 Å². The van der Waals surface area contributed by atoms with Crippen molar-refractivity contribution in [2.24, 2.45) is 10.1 Å². The lowest BCUT2D eigenvalue weighted by molar-refractivity contribution is -0.125. The van der Waals surface area contributed by atoms with E-state index in [4.69, 9.17) is 14.5 Å². The number of carbonyl (C=O) groups is 2. The average molecular weight is 509 g/mol. The summed E-state index contributed by atoms with van der Waals surface area (Å²) in [6, 6.07) is 12.0. The van der Waals surface area contributed by atoms with E-state index in [9.17, 15) is 9.59 Å². The Labute approximate surface area is 216 Å². The summed E-state index contributed by atoms with van der Waals surface area (Å²) in [6.07, 6.45) is 1.87. The van der Waals surface area contributed by atoms with Crippen molar-refractivity contribution >= 4 is 40.1 Å². The van der Waals surface area contributed by atoms with Gasteiger partial charge < -0.3 is 14.4 Å². The summed E-state index contributed by atoms with van der Waals surface area (Å²) in [5, 5.41) is 5.07. The van der Waals surface area contributed by atoms with Crippen molar-refractivity contribution in [1.82, 2.24) is 5.01 Å². The Morgan fingerprint density at radius 3 is 2.61 bits per heavy atom. The molecule has 4 rings (SSSR count). The highest BCUT2D eigenvalue weighted by atomic mass is 32.2. The summed E-state index contributed by atoms with van der Waals surface area (Å²) in [4.78, 5) is 31.5. The summed E-state index contributed by atoms with van der Waals surface area (Å²) >= 11 is 1.12. The lowest BCUT2D eigenvalue weighted by Crippen LogP contribution is -2.43. The molecule has 2 aliphatic heterocycles. The number of ether oxygens (including phenoxy) is 2. The predicted octanol–water partition coefficient (Wildman–Crippen LogP) is 5.12. The third kappa shape index (κ3) is 4.84. The average Bonchev–Trinajstić information content (AvgIpc) is 2.85. The molecule has 0 N–H and O–H groups in total. The van der Waals surface area contributed by atoms with Gasteiger partial charge in [-0.1, -0.05) is 6.07 Å². The fourth-order valence-electron chi connectivity index (χ4n) is 4.59. The summed E-state index contributed by atoms with van der Waals surface area (Å²) in [5.74, 6) is 1.89. The maximum absolute atomic E-state index is 12.4. The normalized spacial score (nSPS) is 17.4. The van der Waals surface area contributed by atoms with E-state index in [0.29, 0.717) is 18.0 Å². The Balaban J connectivity index is 1.77. The standard InChI is InChI=1S/C27H32N4O4S/c1-7-28-25(21-12-11-20(34-5)16-23(21)35-6)30-14-8-9-18-15-19(10-13-22(18)30)24-27(3,4)36-26(33)31(29-24)17(2)32/h10-13,15-16H,7-9,14H2,1-6H3. The number of hydrogen-bond acceptors (Lipinski definition) is 7. The number of hydrogen-bond donors (Lipinski definition) is 0. The van der Waals surface area contributed by atoms with Gasteiger partial charge in [-0.15, -0.1) is 0 Å². The number of imide groups is 1. The van der Waals surface area contributed by atoms with Gasteiger partial charge in [0.15, 0.2) is 0 Å². The first-order valence-electron chi connectivity index (χ1n) is 12.0. The Kier molecular flexibility index (Phi) is 7.40. The molecule has 0 radical (unpaired) electrons. The first-order chi connectivity index (χ1) is 17.2. The third-order valence-corrected chi connectivity index (χ3v) is 7.32. The molecule has 0 fully saturated rings. The van der Waals surface area contributed by atoms with Crippen molar-refractivity contribution < 1.29 is 19.1 Å². The van der Waals surface area contributed by atoms with Crippen molar-refractivity contribution in [2.75, 3.05) is 32.2 Å². The second-order valence-corrected chi connectivity index (χ2v) is 10.7. The number of aliphatic imine (C=N–C) groups is 1. The lowest BCUT2D eigenvalue weighted by atomic mass is 9.93. The van der Waals surface area contributed by atoms with E-state index in [1.54, 1.807) is 14.2 Å². The number of aryl methyl sites for hydroxylation is 1. The minimum atomic E-state index is -0.559. The first kappa shape index (κ1) is 25.8. The van der Waals surface area contributed by atoms with Gasteiger partial charge in [0.05, 0.1) is 30.2 Å². The molecule has 0 spiro atoms. The molecule has 0 bridgehead atoms. The molecule has 2 aliphatic rings. The van der Waals surface area contributed by atoms with Crippen LogP contribution in [0.3, 0.4) is 0 Å². The van der Waals surface area contributed by atoms with Crippen LogP contribution >= 0.6 is 11.8 Å². The van der Waals surface area contributed by atoms with Gasteiger partial charge in [0.1, 0.15) is 17.3 Å². The minimum Gasteiger partial charge on any atom is -0.497 e. The van der Waals surface area contributed by atoms with E-state index in [1.165, 1.54) is 12.5 Å². The Morgan fingerprint density at radius 2 is 1.94 bits per heavy atom. The van der Waals surface area contributed by atoms with Crippen molar-refractivity contribution in [1.29, 1.82) is 0 Å². The van der Waals surface area contributed by atoms with Crippen LogP contribution in [0.15, 0.2) is 46.5 Å². The van der Waals surface area contributed by atoms with Gasteiger partial charge in [0.25, 0.3) is 0 Å². The number of fused-ring (bicyclic) bond motifs is 1. The fourth-order valence-corrected chi connectivity index (χ4v) is 5.54. The highest BCUT2D eigenvalue weighted by molar-refractivity contribution is 8.15. The zero-order valence-electron chi connectivity index (χ0n) is 21.6. The molecule has 36 heavy (non-hydrogen) atoms. The maximum atomic E-state index is 12.4. The molecule has 2 aromatic rings. The Morgan fingerprint density at radius 1 is 1.17 bits per heavy atom. The second-order valence-electron chi connectivity index (χ2n) is 9.12. The van der Waals surface area contributed by atoms with Gasteiger partial charge >= 0.3 is 5.24 Å². The molecule has 0 saturated heterocycles. The van der Waals surface area contributed by atoms with E-state index < -0.39 is 10.7 Å². The molecule has 0 atom stereocenters. The van der Waals surface area contributed by atoms with Gasteiger partial charge in [-0.25, -0.2) is 0 Å². The summed E-state index contributed by atoms with van der Waals surface area (Å²) < 4.78 is 10.5. The SMILES string of the molecule is CCN=C(c1ccc(OC)cc1OC)N1CCCc2cc(C3=NN(C(C)=O)C(=O)SC3(C)C)ccc21. The highest BCUT2D eigenvalue weighted by Gasteiger charge is 2.39. The number of amides is 2. The number of thioether (sulfide) groups is 1. The number of amidine groups is 1. The quantitative estimate of drug-likeness (QED) is 0.412. The zero-order chi connectivity index (χ0) is 26.0. The molecular weight excluding hydrogens is 476 g/mol. The second kappa shape index (κ2) is 10.3. The molecule has 2 amide bonds. The minimum absolute atomic E-state index is 0.353. The van der Waals surface area contributed by atoms with Crippen LogP contribution in [0.5, 0.6) is 11.5 Å².